The molecule has 6 nitrogen and oxygen atoms in total. The summed E-state index contributed by atoms with van der Waals surface area (Å²) in [5.74, 6) is 0.0812. The molecule has 7 heteroatoms. The maximum atomic E-state index is 13.9. The predicted molar refractivity (Wildman–Crippen MR) is 101 cm³/mol. The largest absolute Gasteiger partial charge is 0.434 e. The molecular formula is C21H19FN4O2. The van der Waals surface area contributed by atoms with Gasteiger partial charge in [-0.1, -0.05) is 12.1 Å². The van der Waals surface area contributed by atoms with E-state index in [1.807, 2.05) is 4.90 Å². The smallest absolute Gasteiger partial charge is 0.253 e. The summed E-state index contributed by atoms with van der Waals surface area (Å²) in [7, 11) is 0. The monoisotopic (exact) mass is 378 g/mol. The Morgan fingerprint density at radius 1 is 1.00 bits per heavy atom. The van der Waals surface area contributed by atoms with Gasteiger partial charge in [0, 0.05) is 49.4 Å². The predicted octanol–water partition coefficient (Wildman–Crippen LogP) is 3.82. The van der Waals surface area contributed by atoms with E-state index in [2.05, 4.69) is 15.0 Å². The summed E-state index contributed by atoms with van der Waals surface area (Å²) in [4.78, 5) is 27.1. The van der Waals surface area contributed by atoms with Crippen LogP contribution in [0, 0.1) is 5.82 Å². The molecule has 0 N–H and O–H groups in total. The molecule has 0 aliphatic carbocycles. The van der Waals surface area contributed by atoms with E-state index in [4.69, 9.17) is 4.74 Å². The van der Waals surface area contributed by atoms with E-state index in [-0.39, 0.29) is 17.6 Å². The summed E-state index contributed by atoms with van der Waals surface area (Å²) in [5.41, 5.74) is 1.33. The highest BCUT2D eigenvalue weighted by molar-refractivity contribution is 5.94. The Kier molecular flexibility index (Phi) is 5.23. The first-order valence-electron chi connectivity index (χ1n) is 9.15. The molecule has 142 valence electrons. The summed E-state index contributed by atoms with van der Waals surface area (Å²) >= 11 is 0. The lowest BCUT2D eigenvalue weighted by atomic mass is 9.93. The number of aromatic nitrogens is 3. The molecule has 3 heterocycles. The van der Waals surface area contributed by atoms with Gasteiger partial charge in [-0.3, -0.25) is 14.8 Å². The molecule has 1 aliphatic heterocycles. The molecule has 1 aliphatic rings. The number of halogens is 1. The lowest BCUT2D eigenvalue weighted by molar-refractivity contribution is 0.0711. The molecule has 0 spiro atoms. The van der Waals surface area contributed by atoms with Crippen molar-refractivity contribution in [1.29, 1.82) is 0 Å². The molecule has 1 saturated heterocycles. The number of pyridine rings is 1. The topological polar surface area (TPSA) is 68.2 Å². The number of para-hydroxylation sites is 1. The van der Waals surface area contributed by atoms with Crippen molar-refractivity contribution in [2.24, 2.45) is 0 Å². The standard InChI is InChI=1S/C21H19FN4O2/c22-17-3-1-2-4-18(17)28-20-19(24-11-12-25-20)15-7-13-26(14-8-15)21(27)16-5-9-23-10-6-16/h1-6,9-12,15H,7-8,13-14H2. The first-order chi connectivity index (χ1) is 13.7. The molecule has 1 fully saturated rings. The highest BCUT2D eigenvalue weighted by Gasteiger charge is 2.28. The lowest BCUT2D eigenvalue weighted by Gasteiger charge is -2.32. The highest BCUT2D eigenvalue weighted by atomic mass is 19.1. The van der Waals surface area contributed by atoms with E-state index in [9.17, 15) is 9.18 Å². The fourth-order valence-electron chi connectivity index (χ4n) is 3.36. The zero-order valence-electron chi connectivity index (χ0n) is 15.2. The summed E-state index contributed by atoms with van der Waals surface area (Å²) in [6.07, 6.45) is 7.85. The van der Waals surface area contributed by atoms with Crippen molar-refractivity contribution in [2.45, 2.75) is 18.8 Å². The summed E-state index contributed by atoms with van der Waals surface area (Å²) < 4.78 is 19.6. The minimum absolute atomic E-state index is 0.00262. The van der Waals surface area contributed by atoms with Gasteiger partial charge in [-0.05, 0) is 37.1 Å². The summed E-state index contributed by atoms with van der Waals surface area (Å²) in [5, 5.41) is 0. The third-order valence-corrected chi connectivity index (χ3v) is 4.83. The first-order valence-corrected chi connectivity index (χ1v) is 9.15. The van der Waals surface area contributed by atoms with Gasteiger partial charge in [0.2, 0.25) is 5.88 Å². The number of carbonyl (C=O) groups excluding carboxylic acids is 1. The average Bonchev–Trinajstić information content (AvgIpc) is 2.76. The van der Waals surface area contributed by atoms with Crippen LogP contribution >= 0.6 is 0 Å². The molecular weight excluding hydrogens is 359 g/mol. The second-order valence-electron chi connectivity index (χ2n) is 6.58. The molecule has 0 unspecified atom stereocenters. The molecule has 3 aromatic rings. The Bertz CT molecular complexity index is 959. The number of piperidine rings is 1. The number of likely N-dealkylation sites (tertiary alicyclic amines) is 1. The van der Waals surface area contributed by atoms with Crippen LogP contribution in [0.25, 0.3) is 0 Å². The van der Waals surface area contributed by atoms with Crippen LogP contribution in [0.2, 0.25) is 0 Å². The van der Waals surface area contributed by atoms with Crippen LogP contribution in [0.4, 0.5) is 4.39 Å². The third kappa shape index (κ3) is 3.83. The minimum atomic E-state index is -0.447. The van der Waals surface area contributed by atoms with E-state index in [0.29, 0.717) is 30.2 Å². The second-order valence-corrected chi connectivity index (χ2v) is 6.58. The Balaban J connectivity index is 1.47. The number of benzene rings is 1. The second kappa shape index (κ2) is 8.12. The SMILES string of the molecule is O=C(c1ccncc1)N1CCC(c2nccnc2Oc2ccccc2F)CC1. The van der Waals surface area contributed by atoms with Crippen LogP contribution < -0.4 is 4.74 Å². The van der Waals surface area contributed by atoms with Crippen molar-refractivity contribution < 1.29 is 13.9 Å². The van der Waals surface area contributed by atoms with Crippen LogP contribution in [0.5, 0.6) is 11.6 Å². The number of amides is 1. The molecule has 4 rings (SSSR count). The molecule has 28 heavy (non-hydrogen) atoms. The maximum absolute atomic E-state index is 13.9. The van der Waals surface area contributed by atoms with Crippen LogP contribution in [-0.2, 0) is 0 Å². The van der Waals surface area contributed by atoms with Crippen molar-refractivity contribution in [3.63, 3.8) is 0 Å². The van der Waals surface area contributed by atoms with Gasteiger partial charge < -0.3 is 9.64 Å². The Morgan fingerprint density at radius 3 is 2.46 bits per heavy atom. The third-order valence-electron chi connectivity index (χ3n) is 4.83. The maximum Gasteiger partial charge on any atom is 0.253 e. The molecule has 0 bridgehead atoms. The average molecular weight is 378 g/mol. The lowest BCUT2D eigenvalue weighted by Crippen LogP contribution is -2.38. The molecule has 1 amide bonds. The first kappa shape index (κ1) is 18.0. The molecule has 0 atom stereocenters. The number of rotatable bonds is 4. The highest BCUT2D eigenvalue weighted by Crippen LogP contribution is 2.34. The number of nitrogens with zero attached hydrogens (tertiary/aromatic N) is 4. The summed E-state index contributed by atoms with van der Waals surface area (Å²) in [6, 6.07) is 9.65. The normalized spacial score (nSPS) is 14.7. The molecule has 1 aromatic carbocycles. The number of ether oxygens (including phenoxy) is 1. The van der Waals surface area contributed by atoms with Crippen molar-refractivity contribution in [1.82, 2.24) is 19.9 Å². The van der Waals surface area contributed by atoms with E-state index in [0.717, 1.165) is 12.8 Å². The van der Waals surface area contributed by atoms with E-state index >= 15 is 0 Å². The van der Waals surface area contributed by atoms with Crippen molar-refractivity contribution in [2.75, 3.05) is 13.1 Å². The van der Waals surface area contributed by atoms with Crippen LogP contribution in [0.3, 0.4) is 0 Å². The molecule has 0 saturated carbocycles. The van der Waals surface area contributed by atoms with Crippen LogP contribution in [0.15, 0.2) is 61.2 Å². The van der Waals surface area contributed by atoms with Gasteiger partial charge in [0.15, 0.2) is 11.6 Å². The van der Waals surface area contributed by atoms with Gasteiger partial charge in [-0.25, -0.2) is 9.37 Å². The van der Waals surface area contributed by atoms with Crippen molar-refractivity contribution in [3.05, 3.63) is 78.3 Å². The molecule has 0 radical (unpaired) electrons. The van der Waals surface area contributed by atoms with E-state index in [1.165, 1.54) is 12.3 Å². The van der Waals surface area contributed by atoms with Gasteiger partial charge in [0.1, 0.15) is 5.69 Å². The Labute approximate surface area is 162 Å². The Morgan fingerprint density at radius 2 is 1.71 bits per heavy atom. The van der Waals surface area contributed by atoms with Crippen molar-refractivity contribution >= 4 is 5.91 Å². The van der Waals surface area contributed by atoms with Gasteiger partial charge in [-0.2, -0.15) is 0 Å². The number of carbonyl (C=O) groups is 1. The zero-order valence-corrected chi connectivity index (χ0v) is 15.2. The fraction of sp³-hybridized carbons (Fsp3) is 0.238. The Hall–Kier alpha value is -3.35. The van der Waals surface area contributed by atoms with E-state index in [1.54, 1.807) is 48.9 Å². The quantitative estimate of drug-likeness (QED) is 0.690. The van der Waals surface area contributed by atoms with Crippen LogP contribution in [0.1, 0.15) is 34.8 Å². The summed E-state index contributed by atoms with van der Waals surface area (Å²) in [6.45, 7) is 1.23. The number of hydrogen-bond acceptors (Lipinski definition) is 5. The fourth-order valence-corrected chi connectivity index (χ4v) is 3.36. The number of hydrogen-bond donors (Lipinski definition) is 0. The molecule has 2 aromatic heterocycles. The van der Waals surface area contributed by atoms with Crippen LogP contribution in [-0.4, -0.2) is 38.8 Å². The van der Waals surface area contributed by atoms with Gasteiger partial charge in [-0.15, -0.1) is 0 Å². The van der Waals surface area contributed by atoms with Gasteiger partial charge in [0.25, 0.3) is 5.91 Å². The van der Waals surface area contributed by atoms with E-state index < -0.39 is 5.82 Å². The minimum Gasteiger partial charge on any atom is -0.434 e. The van der Waals surface area contributed by atoms with Gasteiger partial charge >= 0.3 is 0 Å². The van der Waals surface area contributed by atoms with Gasteiger partial charge in [0.05, 0.1) is 0 Å². The van der Waals surface area contributed by atoms with Crippen molar-refractivity contribution in [3.8, 4) is 11.6 Å². The zero-order chi connectivity index (χ0) is 19.3.